The lowest BCUT2D eigenvalue weighted by molar-refractivity contribution is 0.463. The molecule has 1 aromatic heterocycles. The van der Waals surface area contributed by atoms with E-state index in [-0.39, 0.29) is 0 Å². The second-order valence-corrected chi connectivity index (χ2v) is 6.63. The van der Waals surface area contributed by atoms with Gasteiger partial charge in [0.25, 0.3) is 0 Å². The molecule has 2 aromatic rings. The van der Waals surface area contributed by atoms with Gasteiger partial charge < -0.3 is 15.1 Å². The van der Waals surface area contributed by atoms with E-state index in [9.17, 15) is 0 Å². The maximum Gasteiger partial charge on any atom is 0.214 e. The summed E-state index contributed by atoms with van der Waals surface area (Å²) in [4.78, 5) is 8.68. The van der Waals surface area contributed by atoms with Gasteiger partial charge in [0, 0.05) is 13.6 Å². The molecule has 0 fully saturated rings. The fraction of sp³-hybridized carbons (Fsp3) is 0.500. The Morgan fingerprint density at radius 1 is 0.840 bits per heavy atom. The number of rotatable bonds is 4. The zero-order valence-electron chi connectivity index (χ0n) is 16.7. The van der Waals surface area contributed by atoms with Crippen molar-refractivity contribution in [1.29, 1.82) is 0 Å². The molecule has 0 atom stereocenters. The molecule has 2 N–H and O–H groups in total. The number of nitrogens with one attached hydrogen (secondary N) is 2. The Bertz CT molecular complexity index is 754. The molecule has 2 rings (SSSR count). The van der Waals surface area contributed by atoms with E-state index in [1.807, 2.05) is 13.8 Å². The molecule has 1 heterocycles. The van der Waals surface area contributed by atoms with Crippen LogP contribution in [0.1, 0.15) is 50.7 Å². The van der Waals surface area contributed by atoms with Crippen LogP contribution in [0.2, 0.25) is 0 Å². The summed E-state index contributed by atoms with van der Waals surface area (Å²) in [7, 11) is 1.77. The number of nitrogens with zero attached hydrogens (tertiary/aromatic N) is 2. The van der Waals surface area contributed by atoms with E-state index < -0.39 is 0 Å². The number of aromatic nitrogens is 1. The lowest BCUT2D eigenvalue weighted by atomic mass is 9.89. The molecule has 5 nitrogen and oxygen atoms in total. The molecule has 0 aliphatic heterocycles. The van der Waals surface area contributed by atoms with Crippen LogP contribution in [0.15, 0.2) is 9.41 Å². The first-order valence-electron chi connectivity index (χ1n) is 8.69. The predicted molar refractivity (Wildman–Crippen MR) is 103 cm³/mol. The van der Waals surface area contributed by atoms with Crippen molar-refractivity contribution in [2.24, 2.45) is 4.99 Å². The highest BCUT2D eigenvalue weighted by Gasteiger charge is 2.13. The Balaban J connectivity index is 2.06. The average molecular weight is 342 g/mol. The minimum Gasteiger partial charge on any atom is -0.444 e. The van der Waals surface area contributed by atoms with E-state index >= 15 is 0 Å². The third-order valence-electron chi connectivity index (χ3n) is 5.29. The zero-order chi connectivity index (χ0) is 18.7. The van der Waals surface area contributed by atoms with E-state index in [1.54, 1.807) is 7.05 Å². The molecule has 0 aliphatic rings. The summed E-state index contributed by atoms with van der Waals surface area (Å²) in [6.45, 7) is 16.1. The molecule has 25 heavy (non-hydrogen) atoms. The quantitative estimate of drug-likeness (QED) is 0.657. The van der Waals surface area contributed by atoms with Gasteiger partial charge in [-0.3, -0.25) is 4.99 Å². The summed E-state index contributed by atoms with van der Waals surface area (Å²) >= 11 is 0. The van der Waals surface area contributed by atoms with E-state index in [4.69, 9.17) is 4.42 Å². The van der Waals surface area contributed by atoms with Crippen LogP contribution in [0.3, 0.4) is 0 Å². The molecule has 0 saturated heterocycles. The van der Waals surface area contributed by atoms with Gasteiger partial charge in [0.2, 0.25) is 5.89 Å². The summed E-state index contributed by atoms with van der Waals surface area (Å²) in [5, 5.41) is 6.66. The predicted octanol–water partition coefficient (Wildman–Crippen LogP) is 3.70. The van der Waals surface area contributed by atoms with E-state index in [0.29, 0.717) is 12.4 Å². The first-order chi connectivity index (χ1) is 11.8. The normalized spacial score (nSPS) is 11.8. The van der Waals surface area contributed by atoms with E-state index in [2.05, 4.69) is 55.2 Å². The highest BCUT2D eigenvalue weighted by Crippen LogP contribution is 2.25. The van der Waals surface area contributed by atoms with Crippen molar-refractivity contribution >= 4 is 5.96 Å². The van der Waals surface area contributed by atoms with Crippen molar-refractivity contribution in [3.05, 3.63) is 50.7 Å². The molecule has 0 radical (unpaired) electrons. The topological polar surface area (TPSA) is 62.5 Å². The lowest BCUT2D eigenvalue weighted by Crippen LogP contribution is -2.36. The van der Waals surface area contributed by atoms with Crippen molar-refractivity contribution in [3.63, 3.8) is 0 Å². The van der Waals surface area contributed by atoms with Gasteiger partial charge in [-0.05, 0) is 81.8 Å². The smallest absolute Gasteiger partial charge is 0.214 e. The van der Waals surface area contributed by atoms with Crippen LogP contribution in [0, 0.1) is 48.5 Å². The monoisotopic (exact) mass is 342 g/mol. The van der Waals surface area contributed by atoms with Crippen molar-refractivity contribution < 1.29 is 4.42 Å². The summed E-state index contributed by atoms with van der Waals surface area (Å²) in [6, 6.07) is 0. The molecule has 1 aromatic carbocycles. The maximum atomic E-state index is 5.60. The molecule has 0 spiro atoms. The van der Waals surface area contributed by atoms with Crippen molar-refractivity contribution in [1.82, 2.24) is 15.6 Å². The molecular formula is C20H30N4O. The number of aryl methyl sites for hydroxylation is 2. The van der Waals surface area contributed by atoms with Crippen LogP contribution in [-0.2, 0) is 13.1 Å². The average Bonchev–Trinajstić information content (AvgIpc) is 2.91. The number of guanidine groups is 1. The van der Waals surface area contributed by atoms with Crippen molar-refractivity contribution in [2.75, 3.05) is 7.05 Å². The summed E-state index contributed by atoms with van der Waals surface area (Å²) in [6.07, 6.45) is 0. The highest BCUT2D eigenvalue weighted by atomic mass is 16.4. The van der Waals surface area contributed by atoms with E-state index in [1.165, 1.54) is 33.4 Å². The first kappa shape index (κ1) is 19.0. The molecule has 0 amide bonds. The van der Waals surface area contributed by atoms with Gasteiger partial charge in [-0.15, -0.1) is 0 Å². The van der Waals surface area contributed by atoms with Crippen LogP contribution < -0.4 is 10.6 Å². The summed E-state index contributed by atoms with van der Waals surface area (Å²) in [5.41, 5.74) is 9.09. The third kappa shape index (κ3) is 4.03. The number of benzene rings is 1. The van der Waals surface area contributed by atoms with Gasteiger partial charge in [0.1, 0.15) is 5.76 Å². The Kier molecular flexibility index (Phi) is 5.88. The van der Waals surface area contributed by atoms with Crippen molar-refractivity contribution in [2.45, 2.75) is 61.6 Å². The van der Waals surface area contributed by atoms with Gasteiger partial charge in [0.05, 0.1) is 12.2 Å². The van der Waals surface area contributed by atoms with Crippen LogP contribution in [0.25, 0.3) is 0 Å². The molecule has 0 aliphatic carbocycles. The number of hydrogen-bond donors (Lipinski definition) is 2. The number of aliphatic imine (C=N–C) groups is 1. The fourth-order valence-electron chi connectivity index (χ4n) is 3.01. The van der Waals surface area contributed by atoms with Gasteiger partial charge in [-0.1, -0.05) is 0 Å². The minimum atomic E-state index is 0.512. The fourth-order valence-corrected chi connectivity index (χ4v) is 3.01. The van der Waals surface area contributed by atoms with Crippen LogP contribution in [0.5, 0.6) is 0 Å². The standard InChI is InChI=1S/C20H30N4O/c1-11-12(2)14(4)18(15(5)13(11)3)9-22-20(21-8)23-10-19-24-16(6)17(7)25-19/h9-10H2,1-8H3,(H2,21,22,23). The van der Waals surface area contributed by atoms with Gasteiger partial charge in [-0.25, -0.2) is 4.98 Å². The van der Waals surface area contributed by atoms with Gasteiger partial charge in [0.15, 0.2) is 5.96 Å². The number of hydrogen-bond acceptors (Lipinski definition) is 3. The lowest BCUT2D eigenvalue weighted by Gasteiger charge is -2.20. The van der Waals surface area contributed by atoms with Crippen LogP contribution >= 0.6 is 0 Å². The molecule has 0 unspecified atom stereocenters. The summed E-state index contributed by atoms with van der Waals surface area (Å²) < 4.78 is 5.60. The number of oxazole rings is 1. The molecule has 136 valence electrons. The van der Waals surface area contributed by atoms with Crippen LogP contribution in [-0.4, -0.2) is 18.0 Å². The van der Waals surface area contributed by atoms with Crippen LogP contribution in [0.4, 0.5) is 0 Å². The minimum absolute atomic E-state index is 0.512. The van der Waals surface area contributed by atoms with E-state index in [0.717, 1.165) is 24.0 Å². The Morgan fingerprint density at radius 2 is 1.36 bits per heavy atom. The second-order valence-electron chi connectivity index (χ2n) is 6.63. The van der Waals surface area contributed by atoms with Gasteiger partial charge >= 0.3 is 0 Å². The van der Waals surface area contributed by atoms with Crippen molar-refractivity contribution in [3.8, 4) is 0 Å². The molecule has 0 bridgehead atoms. The zero-order valence-corrected chi connectivity index (χ0v) is 16.7. The Hall–Kier alpha value is -2.30. The molecular weight excluding hydrogens is 312 g/mol. The molecule has 0 saturated carbocycles. The summed E-state index contributed by atoms with van der Waals surface area (Å²) in [5.74, 6) is 2.27. The molecule has 5 heteroatoms. The second kappa shape index (κ2) is 7.72. The Labute approximate surface area is 151 Å². The Morgan fingerprint density at radius 3 is 1.84 bits per heavy atom. The SMILES string of the molecule is CN=C(NCc1nc(C)c(C)o1)NCc1c(C)c(C)c(C)c(C)c1C. The highest BCUT2D eigenvalue weighted by molar-refractivity contribution is 5.79. The first-order valence-corrected chi connectivity index (χ1v) is 8.69. The largest absolute Gasteiger partial charge is 0.444 e. The third-order valence-corrected chi connectivity index (χ3v) is 5.29. The maximum absolute atomic E-state index is 5.60. The van der Waals surface area contributed by atoms with Gasteiger partial charge in [-0.2, -0.15) is 0 Å².